The number of rotatable bonds is 10. The first-order chi connectivity index (χ1) is 19.4. The highest BCUT2D eigenvalue weighted by atomic mass is 32.2. The van der Waals surface area contributed by atoms with Crippen LogP contribution in [0.1, 0.15) is 40.0 Å². The molecule has 1 N–H and O–H groups in total. The number of aliphatic hydroxyl groups excluding tert-OH is 1. The van der Waals surface area contributed by atoms with Crippen molar-refractivity contribution >= 4 is 40.9 Å². The zero-order chi connectivity index (χ0) is 28.4. The van der Waals surface area contributed by atoms with Crippen LogP contribution >= 0.6 is 11.8 Å². The summed E-state index contributed by atoms with van der Waals surface area (Å²) in [4.78, 5) is 50.3. The molecule has 9 heteroatoms. The zero-order valence-electron chi connectivity index (χ0n) is 23.9. The third-order valence-electron chi connectivity index (χ3n) is 8.83. The highest BCUT2D eigenvalue weighted by Crippen LogP contribution is 2.61. The molecule has 5 atom stereocenters. The van der Waals surface area contributed by atoms with Crippen molar-refractivity contribution < 1.29 is 19.5 Å². The SMILES string of the molecule is CCCN1CC=C[C@H]2S[C@]34C=CCN(c5ccc(N(CC)CC)cc5)C(=O)C3N(CCCCO)C(=O)[C@@H]4[C@H]2C1=O. The average Bonchev–Trinajstić information content (AvgIpc) is 3.27. The summed E-state index contributed by atoms with van der Waals surface area (Å²) in [7, 11) is 0. The number of hydrogen-bond acceptors (Lipinski definition) is 6. The summed E-state index contributed by atoms with van der Waals surface area (Å²) in [6.07, 6.45) is 10.2. The molecule has 0 saturated carbocycles. The van der Waals surface area contributed by atoms with Crippen molar-refractivity contribution in [1.82, 2.24) is 9.80 Å². The molecule has 0 aliphatic carbocycles. The van der Waals surface area contributed by atoms with Crippen molar-refractivity contribution in [1.29, 1.82) is 0 Å². The largest absolute Gasteiger partial charge is 0.396 e. The Morgan fingerprint density at radius 1 is 0.950 bits per heavy atom. The summed E-state index contributed by atoms with van der Waals surface area (Å²) in [5, 5.41) is 9.28. The number of thioether (sulfide) groups is 1. The number of amides is 3. The zero-order valence-corrected chi connectivity index (χ0v) is 24.7. The Balaban J connectivity index is 1.53. The van der Waals surface area contributed by atoms with Crippen LogP contribution in [0, 0.1) is 11.8 Å². The van der Waals surface area contributed by atoms with Gasteiger partial charge < -0.3 is 24.7 Å². The maximum Gasteiger partial charge on any atom is 0.251 e. The lowest BCUT2D eigenvalue weighted by Gasteiger charge is -2.35. The number of fused-ring (bicyclic) bond motifs is 2. The van der Waals surface area contributed by atoms with Gasteiger partial charge in [0.1, 0.15) is 6.04 Å². The number of aliphatic hydroxyl groups is 1. The molecular weight excluding hydrogens is 524 g/mol. The van der Waals surface area contributed by atoms with Gasteiger partial charge in [0.15, 0.2) is 0 Å². The fourth-order valence-electron chi connectivity index (χ4n) is 6.96. The second kappa shape index (κ2) is 12.0. The number of unbranched alkanes of at least 4 members (excludes halogenated alkanes) is 1. The first-order valence-corrected chi connectivity index (χ1v) is 15.7. The van der Waals surface area contributed by atoms with Crippen LogP contribution in [-0.4, -0.2) is 94.5 Å². The molecule has 1 aromatic carbocycles. The van der Waals surface area contributed by atoms with Crippen LogP contribution in [0.5, 0.6) is 0 Å². The fourth-order valence-corrected chi connectivity index (χ4v) is 8.97. The van der Waals surface area contributed by atoms with Gasteiger partial charge in [-0.1, -0.05) is 31.2 Å². The number of nitrogens with zero attached hydrogens (tertiary/aromatic N) is 4. The second-order valence-electron chi connectivity index (χ2n) is 11.1. The number of carbonyl (C=O) groups excluding carboxylic acids is 3. The molecule has 3 amide bonds. The van der Waals surface area contributed by atoms with Gasteiger partial charge in [-0.15, -0.1) is 11.8 Å². The van der Waals surface area contributed by atoms with Crippen LogP contribution in [0.2, 0.25) is 0 Å². The summed E-state index contributed by atoms with van der Waals surface area (Å²) >= 11 is 1.62. The second-order valence-corrected chi connectivity index (χ2v) is 12.5. The van der Waals surface area contributed by atoms with E-state index < -0.39 is 22.6 Å². The van der Waals surface area contributed by atoms with Gasteiger partial charge in [-0.3, -0.25) is 14.4 Å². The van der Waals surface area contributed by atoms with Gasteiger partial charge in [0, 0.05) is 62.5 Å². The third-order valence-corrected chi connectivity index (χ3v) is 10.6. The van der Waals surface area contributed by atoms with E-state index >= 15 is 0 Å². The molecule has 8 nitrogen and oxygen atoms in total. The van der Waals surface area contributed by atoms with E-state index in [1.54, 1.807) is 21.6 Å². The molecule has 216 valence electrons. The van der Waals surface area contributed by atoms with Crippen LogP contribution in [-0.2, 0) is 14.4 Å². The highest BCUT2D eigenvalue weighted by molar-refractivity contribution is 8.02. The molecular formula is C31H42N4O4S. The summed E-state index contributed by atoms with van der Waals surface area (Å²) in [5.74, 6) is -1.29. The Kier molecular flexibility index (Phi) is 8.61. The van der Waals surface area contributed by atoms with Crippen LogP contribution in [0.15, 0.2) is 48.6 Å². The lowest BCUT2D eigenvalue weighted by molar-refractivity contribution is -0.142. The first-order valence-electron chi connectivity index (χ1n) is 14.8. The predicted octanol–water partition coefficient (Wildman–Crippen LogP) is 3.31. The molecule has 1 spiro atoms. The van der Waals surface area contributed by atoms with E-state index in [1.807, 2.05) is 29.2 Å². The molecule has 4 heterocycles. The van der Waals surface area contributed by atoms with Crippen molar-refractivity contribution in [2.24, 2.45) is 11.8 Å². The van der Waals surface area contributed by atoms with Gasteiger partial charge in [-0.2, -0.15) is 0 Å². The minimum Gasteiger partial charge on any atom is -0.396 e. The van der Waals surface area contributed by atoms with Crippen molar-refractivity contribution in [3.05, 3.63) is 48.6 Å². The van der Waals surface area contributed by atoms with Crippen molar-refractivity contribution in [2.75, 3.05) is 55.7 Å². The van der Waals surface area contributed by atoms with E-state index in [0.717, 1.165) is 30.9 Å². The number of hydrogen-bond donors (Lipinski definition) is 1. The van der Waals surface area contributed by atoms with Crippen molar-refractivity contribution in [3.8, 4) is 0 Å². The maximum absolute atomic E-state index is 14.5. The maximum atomic E-state index is 14.5. The summed E-state index contributed by atoms with van der Waals surface area (Å²) in [6.45, 7) is 10.2. The van der Waals surface area contributed by atoms with E-state index in [0.29, 0.717) is 39.0 Å². The van der Waals surface area contributed by atoms with Gasteiger partial charge in [0.2, 0.25) is 11.8 Å². The summed E-state index contributed by atoms with van der Waals surface area (Å²) < 4.78 is -0.812. The van der Waals surface area contributed by atoms with Gasteiger partial charge in [-0.05, 0) is 57.4 Å². The monoisotopic (exact) mass is 566 g/mol. The Hall–Kier alpha value is -2.78. The van der Waals surface area contributed by atoms with E-state index in [9.17, 15) is 19.5 Å². The normalized spacial score (nSPS) is 29.4. The number of anilines is 2. The van der Waals surface area contributed by atoms with E-state index in [2.05, 4.69) is 50.0 Å². The molecule has 4 aliphatic heterocycles. The van der Waals surface area contributed by atoms with Gasteiger partial charge >= 0.3 is 0 Å². The standard InChI is InChI=1S/C31H42N4O4S/c1-4-17-33-18-9-11-24-25(28(33)37)26-29(38)35(19-7-8-21-36)27-30(39)34(20-10-16-31(26,27)40-24)23-14-12-22(13-15-23)32(5-2)6-3/h9-16,24-27,36H,4-8,17-21H2,1-3H3/t24-,25+,26+,27?,31+/m1/s1. The van der Waals surface area contributed by atoms with Crippen LogP contribution in [0.3, 0.4) is 0 Å². The Labute approximate surface area is 242 Å². The van der Waals surface area contributed by atoms with Gasteiger partial charge in [0.25, 0.3) is 5.91 Å². The van der Waals surface area contributed by atoms with Crippen LogP contribution < -0.4 is 9.80 Å². The summed E-state index contributed by atoms with van der Waals surface area (Å²) in [6, 6.07) is 7.37. The predicted molar refractivity (Wildman–Crippen MR) is 160 cm³/mol. The minimum atomic E-state index is -0.812. The van der Waals surface area contributed by atoms with E-state index in [-0.39, 0.29) is 29.6 Å². The number of benzene rings is 1. The molecule has 40 heavy (non-hydrogen) atoms. The van der Waals surface area contributed by atoms with E-state index in [1.165, 1.54) is 0 Å². The lowest BCUT2D eigenvalue weighted by atomic mass is 9.78. The molecule has 4 aliphatic rings. The Morgan fingerprint density at radius 3 is 2.38 bits per heavy atom. The molecule has 1 aromatic rings. The Morgan fingerprint density at radius 2 is 1.70 bits per heavy atom. The van der Waals surface area contributed by atoms with Gasteiger partial charge in [0.05, 0.1) is 16.6 Å². The minimum absolute atomic E-state index is 0.0180. The first kappa shape index (κ1) is 28.7. The van der Waals surface area contributed by atoms with E-state index in [4.69, 9.17) is 0 Å². The molecule has 1 unspecified atom stereocenters. The molecule has 0 aromatic heterocycles. The Bertz CT molecular complexity index is 1170. The molecule has 2 saturated heterocycles. The van der Waals surface area contributed by atoms with Crippen molar-refractivity contribution in [2.45, 2.75) is 56.1 Å². The quantitative estimate of drug-likeness (QED) is 0.346. The van der Waals surface area contributed by atoms with Gasteiger partial charge in [-0.25, -0.2) is 0 Å². The van der Waals surface area contributed by atoms with Crippen LogP contribution in [0.4, 0.5) is 11.4 Å². The topological polar surface area (TPSA) is 84.4 Å². The number of carbonyl (C=O) groups is 3. The lowest BCUT2D eigenvalue weighted by Crippen LogP contribution is -2.53. The fraction of sp³-hybridized carbons (Fsp3) is 0.581. The van der Waals surface area contributed by atoms with Crippen LogP contribution in [0.25, 0.3) is 0 Å². The summed E-state index contributed by atoms with van der Waals surface area (Å²) in [5.41, 5.74) is 1.91. The highest BCUT2D eigenvalue weighted by Gasteiger charge is 2.70. The molecule has 0 radical (unpaired) electrons. The molecule has 0 bridgehead atoms. The van der Waals surface area contributed by atoms with Crippen molar-refractivity contribution in [3.63, 3.8) is 0 Å². The molecule has 5 rings (SSSR count). The average molecular weight is 567 g/mol. The molecule has 2 fully saturated rings. The number of likely N-dealkylation sites (tertiary alicyclic amines) is 1. The smallest absolute Gasteiger partial charge is 0.251 e. The third kappa shape index (κ3) is 4.75.